The Balaban J connectivity index is 1.20. The van der Waals surface area contributed by atoms with Crippen molar-refractivity contribution in [2.75, 3.05) is 0 Å². The second-order valence-electron chi connectivity index (χ2n) is 10.3. The van der Waals surface area contributed by atoms with Crippen LogP contribution in [0.25, 0.3) is 87.4 Å². The second-order valence-corrected chi connectivity index (χ2v) is 11.3. The van der Waals surface area contributed by atoms with Crippen LogP contribution in [0.5, 0.6) is 0 Å². The number of rotatable bonds is 4. The third kappa shape index (κ3) is 4.09. The summed E-state index contributed by atoms with van der Waals surface area (Å²) in [5.74, 6) is 1.39. The first-order chi connectivity index (χ1) is 24.7. The maximum Gasteiger partial charge on any atom is 0.164 e. The quantitative estimate of drug-likeness (QED) is 0.205. The molecule has 9 aromatic rings. The minimum atomic E-state index is -0.400. The molecular formula is C39H23N3OS. The van der Waals surface area contributed by atoms with Gasteiger partial charge in [-0.3, -0.25) is 0 Å². The minimum Gasteiger partial charge on any atom is -0.456 e. The van der Waals surface area contributed by atoms with Crippen molar-refractivity contribution in [3.8, 4) is 45.3 Å². The van der Waals surface area contributed by atoms with Crippen LogP contribution in [0.4, 0.5) is 0 Å². The van der Waals surface area contributed by atoms with Gasteiger partial charge in [0.1, 0.15) is 11.2 Å². The zero-order chi connectivity index (χ0) is 35.1. The Labute approximate surface area is 266 Å². The molecule has 0 N–H and O–H groups in total. The predicted octanol–water partition coefficient (Wildman–Crippen LogP) is 10.8. The predicted molar refractivity (Wildman–Crippen MR) is 182 cm³/mol. The van der Waals surface area contributed by atoms with Gasteiger partial charge in [0, 0.05) is 47.6 Å². The van der Waals surface area contributed by atoms with E-state index in [4.69, 9.17) is 29.0 Å². The van der Waals surface area contributed by atoms with Gasteiger partial charge in [0.15, 0.2) is 17.5 Å². The summed E-state index contributed by atoms with van der Waals surface area (Å²) >= 11 is 1.11. The van der Waals surface area contributed by atoms with E-state index in [1.54, 1.807) is 12.1 Å². The number of nitrogens with zero attached hydrogens (tertiary/aromatic N) is 3. The van der Waals surface area contributed by atoms with Crippen molar-refractivity contribution < 1.29 is 14.0 Å². The molecule has 0 aliphatic carbocycles. The number of furan rings is 1. The van der Waals surface area contributed by atoms with E-state index in [2.05, 4.69) is 0 Å². The van der Waals surface area contributed by atoms with Gasteiger partial charge in [-0.25, -0.2) is 15.0 Å². The van der Waals surface area contributed by atoms with Gasteiger partial charge in [-0.1, -0.05) is 115 Å². The highest BCUT2D eigenvalue weighted by molar-refractivity contribution is 7.26. The number of benzene rings is 6. The van der Waals surface area contributed by atoms with Gasteiger partial charge < -0.3 is 4.42 Å². The van der Waals surface area contributed by atoms with Gasteiger partial charge in [-0.2, -0.15) is 0 Å². The lowest BCUT2D eigenvalue weighted by Crippen LogP contribution is -2.00. The smallest absolute Gasteiger partial charge is 0.164 e. The fourth-order valence-electron chi connectivity index (χ4n) is 5.53. The number of para-hydroxylation sites is 1. The molecule has 6 aromatic carbocycles. The molecule has 0 unspecified atom stereocenters. The Morgan fingerprint density at radius 2 is 1.14 bits per heavy atom. The number of hydrogen-bond donors (Lipinski definition) is 0. The molecule has 0 spiro atoms. The number of thiophene rings is 1. The zero-order valence-electron chi connectivity index (χ0n) is 29.9. The molecule has 4 nitrogen and oxygen atoms in total. The summed E-state index contributed by atoms with van der Waals surface area (Å²) in [6, 6.07) is 28.8. The molecule has 0 saturated carbocycles. The summed E-state index contributed by atoms with van der Waals surface area (Å²) < 4.78 is 66.5. The SMILES string of the molecule is [2H]c1c([2H])c([2H])c2c(sc3c(-c4ccc(-c5nc(-c6ccccc6)nc(-c6ccc7c(c6)oc6ccccc67)n5)cc4)c([2H])c([2H])c([2H])c32)c1[2H]. The van der Waals surface area contributed by atoms with E-state index in [1.165, 1.54) is 0 Å². The first-order valence-corrected chi connectivity index (χ1v) is 14.8. The maximum atomic E-state index is 8.87. The Morgan fingerprint density at radius 1 is 0.500 bits per heavy atom. The largest absolute Gasteiger partial charge is 0.456 e. The Hall–Kier alpha value is -5.65. The topological polar surface area (TPSA) is 51.8 Å². The molecule has 3 aromatic heterocycles. The highest BCUT2D eigenvalue weighted by Gasteiger charge is 2.15. The fourth-order valence-corrected chi connectivity index (χ4v) is 6.62. The lowest BCUT2D eigenvalue weighted by molar-refractivity contribution is 0.669. The van der Waals surface area contributed by atoms with Gasteiger partial charge in [0.2, 0.25) is 0 Å². The highest BCUT2D eigenvalue weighted by Crippen LogP contribution is 2.40. The van der Waals surface area contributed by atoms with Crippen molar-refractivity contribution in [3.63, 3.8) is 0 Å². The summed E-state index contributed by atoms with van der Waals surface area (Å²) in [6.07, 6.45) is 0. The molecule has 0 aliphatic rings. The van der Waals surface area contributed by atoms with Crippen LogP contribution in [-0.4, -0.2) is 15.0 Å². The number of fused-ring (bicyclic) bond motifs is 6. The van der Waals surface area contributed by atoms with E-state index in [0.29, 0.717) is 43.6 Å². The van der Waals surface area contributed by atoms with Gasteiger partial charge in [-0.15, -0.1) is 11.3 Å². The van der Waals surface area contributed by atoms with Gasteiger partial charge in [0.05, 0.1) is 9.60 Å². The Kier molecular flexibility index (Phi) is 4.26. The van der Waals surface area contributed by atoms with Crippen LogP contribution >= 0.6 is 11.3 Å². The first kappa shape index (κ1) is 18.8. The molecule has 0 aliphatic heterocycles. The number of aromatic nitrogens is 3. The van der Waals surface area contributed by atoms with E-state index >= 15 is 0 Å². The van der Waals surface area contributed by atoms with Crippen LogP contribution in [0, 0.1) is 0 Å². The van der Waals surface area contributed by atoms with E-state index in [0.717, 1.165) is 44.4 Å². The van der Waals surface area contributed by atoms with E-state index < -0.39 is 6.04 Å². The van der Waals surface area contributed by atoms with Gasteiger partial charge in [0.25, 0.3) is 0 Å². The van der Waals surface area contributed by atoms with Crippen molar-refractivity contribution in [1.29, 1.82) is 0 Å². The lowest BCUT2D eigenvalue weighted by atomic mass is 10.0. The van der Waals surface area contributed by atoms with Gasteiger partial charge >= 0.3 is 0 Å². The van der Waals surface area contributed by atoms with Crippen molar-refractivity contribution in [3.05, 3.63) is 139 Å². The maximum absolute atomic E-state index is 8.87. The minimum absolute atomic E-state index is 0.156. The molecule has 5 heteroatoms. The fraction of sp³-hybridized carbons (Fsp3) is 0. The molecule has 3 heterocycles. The molecule has 0 amide bonds. The van der Waals surface area contributed by atoms with E-state index in [9.17, 15) is 0 Å². The van der Waals surface area contributed by atoms with Crippen LogP contribution in [0.2, 0.25) is 0 Å². The van der Waals surface area contributed by atoms with E-state index in [-0.39, 0.29) is 47.0 Å². The molecule has 9 rings (SSSR count). The van der Waals surface area contributed by atoms with Crippen LogP contribution in [0.1, 0.15) is 9.60 Å². The third-order valence-corrected chi connectivity index (χ3v) is 8.80. The average Bonchev–Trinajstić information content (AvgIpc) is 3.75. The Bertz CT molecular complexity index is 2890. The molecule has 0 radical (unpaired) electrons. The molecule has 0 fully saturated rings. The molecule has 44 heavy (non-hydrogen) atoms. The third-order valence-electron chi connectivity index (χ3n) is 7.67. The molecule has 0 saturated heterocycles. The van der Waals surface area contributed by atoms with Crippen LogP contribution in [-0.2, 0) is 0 Å². The summed E-state index contributed by atoms with van der Waals surface area (Å²) in [5, 5.41) is 2.47. The van der Waals surface area contributed by atoms with Crippen LogP contribution < -0.4 is 0 Å². The monoisotopic (exact) mass is 588 g/mol. The van der Waals surface area contributed by atoms with Crippen molar-refractivity contribution in [2.45, 2.75) is 0 Å². The van der Waals surface area contributed by atoms with Crippen LogP contribution in [0.15, 0.2) is 144 Å². The molecule has 0 bridgehead atoms. The molecule has 0 atom stereocenters. The summed E-state index contributed by atoms with van der Waals surface area (Å²) in [6.45, 7) is 0. The molecular weight excluding hydrogens is 559 g/mol. The highest BCUT2D eigenvalue weighted by atomic mass is 32.1. The van der Waals surface area contributed by atoms with Gasteiger partial charge in [-0.05, 0) is 35.4 Å². The summed E-state index contributed by atoms with van der Waals surface area (Å²) in [7, 11) is 0. The normalized spacial score (nSPS) is 13.9. The second kappa shape index (κ2) is 9.97. The average molecular weight is 589 g/mol. The Morgan fingerprint density at radius 3 is 1.98 bits per heavy atom. The number of hydrogen-bond acceptors (Lipinski definition) is 5. The standard InChI is InChI=1S/C39H23N3OS/c1-2-9-25(10-3-1)37-40-38(42-39(41-37)27-21-22-30-29-11-4-6-15-33(29)43-34(30)23-27)26-19-17-24(18-20-26)28-13-8-14-32-31-12-5-7-16-35(31)44-36(28)32/h1-23H/i5D,7D,8D,12D,13D,14D,16D. The lowest BCUT2D eigenvalue weighted by Gasteiger charge is -2.09. The molecule has 206 valence electrons. The zero-order valence-corrected chi connectivity index (χ0v) is 23.7. The van der Waals surface area contributed by atoms with Crippen LogP contribution in [0.3, 0.4) is 0 Å². The van der Waals surface area contributed by atoms with E-state index in [1.807, 2.05) is 84.9 Å². The van der Waals surface area contributed by atoms with Crippen molar-refractivity contribution in [1.82, 2.24) is 15.0 Å². The first-order valence-electron chi connectivity index (χ1n) is 17.5. The van der Waals surface area contributed by atoms with Crippen molar-refractivity contribution in [2.24, 2.45) is 0 Å². The van der Waals surface area contributed by atoms with Crippen molar-refractivity contribution >= 4 is 53.4 Å². The summed E-state index contributed by atoms with van der Waals surface area (Å²) in [5.41, 5.74) is 4.77. The summed E-state index contributed by atoms with van der Waals surface area (Å²) in [4.78, 5) is 14.6.